The predicted molar refractivity (Wildman–Crippen MR) is 77.3 cm³/mol. The lowest BCUT2D eigenvalue weighted by molar-refractivity contribution is 1.27. The van der Waals surface area contributed by atoms with E-state index < -0.39 is 0 Å². The molecule has 3 aromatic rings. The van der Waals surface area contributed by atoms with Gasteiger partial charge < -0.3 is 4.98 Å². The standard InChI is InChI=1S/C14H9Cl2N3/c15-11-3-1-2-10(13(11)16)12-8-18-14(19-12)9-4-6-17-7-5-9/h1-8H,(H,18,19). The number of benzene rings is 1. The number of nitrogens with one attached hydrogen (secondary N) is 1. The Bertz CT molecular complexity index is 708. The lowest BCUT2D eigenvalue weighted by Gasteiger charge is -2.02. The van der Waals surface area contributed by atoms with E-state index >= 15 is 0 Å². The maximum Gasteiger partial charge on any atom is 0.137 e. The van der Waals surface area contributed by atoms with Crippen molar-refractivity contribution in [1.82, 2.24) is 15.0 Å². The maximum absolute atomic E-state index is 6.19. The Morgan fingerprint density at radius 1 is 1.00 bits per heavy atom. The van der Waals surface area contributed by atoms with Crippen LogP contribution in [0.15, 0.2) is 48.9 Å². The Morgan fingerprint density at radius 2 is 1.79 bits per heavy atom. The summed E-state index contributed by atoms with van der Waals surface area (Å²) in [6.07, 6.45) is 5.20. The molecule has 0 saturated heterocycles. The molecule has 1 N–H and O–H groups in total. The van der Waals surface area contributed by atoms with Crippen LogP contribution in [0.3, 0.4) is 0 Å². The van der Waals surface area contributed by atoms with E-state index in [1.165, 1.54) is 0 Å². The minimum atomic E-state index is 0.522. The van der Waals surface area contributed by atoms with Gasteiger partial charge in [0.2, 0.25) is 0 Å². The van der Waals surface area contributed by atoms with Gasteiger partial charge in [0.15, 0.2) is 0 Å². The number of H-pyrrole nitrogens is 1. The summed E-state index contributed by atoms with van der Waals surface area (Å²) >= 11 is 12.2. The molecule has 0 spiro atoms. The summed E-state index contributed by atoms with van der Waals surface area (Å²) in [5.74, 6) is 0.772. The number of aromatic nitrogens is 3. The van der Waals surface area contributed by atoms with E-state index in [9.17, 15) is 0 Å². The highest BCUT2D eigenvalue weighted by atomic mass is 35.5. The zero-order valence-corrected chi connectivity index (χ0v) is 11.3. The topological polar surface area (TPSA) is 41.6 Å². The largest absolute Gasteiger partial charge is 0.338 e. The van der Waals surface area contributed by atoms with Crippen molar-refractivity contribution in [2.24, 2.45) is 0 Å². The molecule has 19 heavy (non-hydrogen) atoms. The van der Waals surface area contributed by atoms with Gasteiger partial charge in [-0.15, -0.1) is 0 Å². The SMILES string of the molecule is Clc1cccc(-c2cnc(-c3ccncc3)[nH]2)c1Cl. The van der Waals surface area contributed by atoms with Crippen molar-refractivity contribution in [1.29, 1.82) is 0 Å². The summed E-state index contributed by atoms with van der Waals surface area (Å²) in [5.41, 5.74) is 2.64. The van der Waals surface area contributed by atoms with Crippen LogP contribution in [0.1, 0.15) is 0 Å². The minimum absolute atomic E-state index is 0.522. The summed E-state index contributed by atoms with van der Waals surface area (Å²) in [6.45, 7) is 0. The minimum Gasteiger partial charge on any atom is -0.338 e. The number of hydrogen-bond acceptors (Lipinski definition) is 2. The summed E-state index contributed by atoms with van der Waals surface area (Å²) < 4.78 is 0. The average Bonchev–Trinajstić information content (AvgIpc) is 2.92. The van der Waals surface area contributed by atoms with Crippen molar-refractivity contribution in [3.05, 3.63) is 59.0 Å². The number of rotatable bonds is 2. The Labute approximate surface area is 120 Å². The summed E-state index contributed by atoms with van der Waals surface area (Å²) in [5, 5.41) is 1.05. The van der Waals surface area contributed by atoms with Crippen LogP contribution in [0, 0.1) is 0 Å². The third-order valence-electron chi connectivity index (χ3n) is 2.77. The number of halogens is 2. The first-order valence-corrected chi connectivity index (χ1v) is 6.41. The van der Waals surface area contributed by atoms with E-state index in [1.807, 2.05) is 24.3 Å². The average molecular weight is 290 g/mol. The molecular formula is C14H9Cl2N3. The second kappa shape index (κ2) is 5.03. The van der Waals surface area contributed by atoms with E-state index in [4.69, 9.17) is 23.2 Å². The summed E-state index contributed by atoms with van der Waals surface area (Å²) in [4.78, 5) is 11.6. The molecule has 0 aliphatic rings. The molecule has 3 nitrogen and oxygen atoms in total. The molecule has 0 radical (unpaired) electrons. The van der Waals surface area contributed by atoms with Crippen molar-refractivity contribution in [3.8, 4) is 22.6 Å². The second-order valence-corrected chi connectivity index (χ2v) is 4.77. The van der Waals surface area contributed by atoms with Gasteiger partial charge in [-0.2, -0.15) is 0 Å². The number of imidazole rings is 1. The number of pyridine rings is 1. The van der Waals surface area contributed by atoms with Crippen LogP contribution >= 0.6 is 23.2 Å². The molecule has 1 aromatic carbocycles. The monoisotopic (exact) mass is 289 g/mol. The molecule has 0 aliphatic carbocycles. The lowest BCUT2D eigenvalue weighted by atomic mass is 10.2. The number of nitrogens with zero attached hydrogens (tertiary/aromatic N) is 2. The summed E-state index contributed by atoms with van der Waals surface area (Å²) in [7, 11) is 0. The van der Waals surface area contributed by atoms with E-state index in [0.29, 0.717) is 10.0 Å². The highest BCUT2D eigenvalue weighted by molar-refractivity contribution is 6.43. The third-order valence-corrected chi connectivity index (χ3v) is 3.59. The van der Waals surface area contributed by atoms with E-state index in [1.54, 1.807) is 24.7 Å². The Hall–Kier alpha value is -1.84. The smallest absolute Gasteiger partial charge is 0.137 e. The van der Waals surface area contributed by atoms with Crippen molar-refractivity contribution in [2.45, 2.75) is 0 Å². The Kier molecular flexibility index (Phi) is 3.23. The second-order valence-electron chi connectivity index (χ2n) is 3.98. The van der Waals surface area contributed by atoms with Crippen molar-refractivity contribution in [3.63, 3.8) is 0 Å². The molecule has 0 aliphatic heterocycles. The summed E-state index contributed by atoms with van der Waals surface area (Å²) in [6, 6.07) is 9.30. The van der Waals surface area contributed by atoms with Gasteiger partial charge >= 0.3 is 0 Å². The van der Waals surface area contributed by atoms with Crippen LogP contribution in [0.25, 0.3) is 22.6 Å². The van der Waals surface area contributed by atoms with Crippen LogP contribution in [-0.4, -0.2) is 15.0 Å². The number of aromatic amines is 1. The first kappa shape index (κ1) is 12.2. The molecule has 0 amide bonds. The van der Waals surface area contributed by atoms with Gasteiger partial charge in [-0.1, -0.05) is 35.3 Å². The molecule has 94 valence electrons. The highest BCUT2D eigenvalue weighted by Gasteiger charge is 2.10. The molecule has 0 fully saturated rings. The van der Waals surface area contributed by atoms with Crippen molar-refractivity contribution in [2.75, 3.05) is 0 Å². The van der Waals surface area contributed by atoms with E-state index in [-0.39, 0.29) is 0 Å². The molecule has 0 bridgehead atoms. The van der Waals surface area contributed by atoms with Gasteiger partial charge in [0.1, 0.15) is 5.82 Å². The number of hydrogen-bond donors (Lipinski definition) is 1. The first-order chi connectivity index (χ1) is 9.25. The van der Waals surface area contributed by atoms with Gasteiger partial charge in [-0.05, 0) is 18.2 Å². The maximum atomic E-state index is 6.19. The molecule has 2 aromatic heterocycles. The molecule has 0 saturated carbocycles. The molecular weight excluding hydrogens is 281 g/mol. The van der Waals surface area contributed by atoms with Gasteiger partial charge in [-0.3, -0.25) is 4.98 Å². The zero-order valence-electron chi connectivity index (χ0n) is 9.77. The quantitative estimate of drug-likeness (QED) is 0.757. The molecule has 5 heteroatoms. The van der Waals surface area contributed by atoms with Crippen LogP contribution in [0.2, 0.25) is 10.0 Å². The molecule has 0 unspecified atom stereocenters. The van der Waals surface area contributed by atoms with E-state index in [0.717, 1.165) is 22.6 Å². The normalized spacial score (nSPS) is 10.6. The molecule has 2 heterocycles. The molecule has 0 atom stereocenters. The predicted octanol–water partition coefficient (Wildman–Crippen LogP) is 4.45. The fourth-order valence-corrected chi connectivity index (χ4v) is 2.23. The zero-order chi connectivity index (χ0) is 13.2. The van der Waals surface area contributed by atoms with Crippen molar-refractivity contribution < 1.29 is 0 Å². The third kappa shape index (κ3) is 2.35. The van der Waals surface area contributed by atoms with Gasteiger partial charge in [-0.25, -0.2) is 4.98 Å². The van der Waals surface area contributed by atoms with Gasteiger partial charge in [0.05, 0.1) is 21.9 Å². The Balaban J connectivity index is 2.05. The van der Waals surface area contributed by atoms with Crippen LogP contribution in [0.5, 0.6) is 0 Å². The van der Waals surface area contributed by atoms with Gasteiger partial charge in [0.25, 0.3) is 0 Å². The Morgan fingerprint density at radius 3 is 2.58 bits per heavy atom. The van der Waals surface area contributed by atoms with Crippen LogP contribution in [-0.2, 0) is 0 Å². The fraction of sp³-hybridized carbons (Fsp3) is 0. The fourth-order valence-electron chi connectivity index (χ4n) is 1.83. The van der Waals surface area contributed by atoms with Gasteiger partial charge in [0, 0.05) is 23.5 Å². The molecule has 3 rings (SSSR count). The van der Waals surface area contributed by atoms with Crippen LogP contribution in [0.4, 0.5) is 0 Å². The van der Waals surface area contributed by atoms with Crippen LogP contribution < -0.4 is 0 Å². The lowest BCUT2D eigenvalue weighted by Crippen LogP contribution is -1.82. The van der Waals surface area contributed by atoms with Crippen molar-refractivity contribution >= 4 is 23.2 Å². The first-order valence-electron chi connectivity index (χ1n) is 5.65. The van der Waals surface area contributed by atoms with E-state index in [2.05, 4.69) is 15.0 Å². The highest BCUT2D eigenvalue weighted by Crippen LogP contribution is 2.33.